The molecular formula is C15H22N2O3. The lowest BCUT2D eigenvalue weighted by Crippen LogP contribution is -2.41. The van der Waals surface area contributed by atoms with Crippen LogP contribution in [0, 0.1) is 6.92 Å². The summed E-state index contributed by atoms with van der Waals surface area (Å²) in [4.78, 5) is 25.5. The van der Waals surface area contributed by atoms with E-state index in [0.29, 0.717) is 17.9 Å². The number of hydrogen-bond donors (Lipinski definition) is 1. The van der Waals surface area contributed by atoms with E-state index < -0.39 is 5.97 Å². The van der Waals surface area contributed by atoms with E-state index in [1.165, 1.54) is 4.90 Å². The molecule has 0 unspecified atom stereocenters. The molecule has 0 fully saturated rings. The highest BCUT2D eigenvalue weighted by atomic mass is 16.5. The van der Waals surface area contributed by atoms with Gasteiger partial charge >= 0.3 is 5.97 Å². The molecule has 0 spiro atoms. The largest absolute Gasteiger partial charge is 0.465 e. The lowest BCUT2D eigenvalue weighted by Gasteiger charge is -2.26. The van der Waals surface area contributed by atoms with Gasteiger partial charge in [0, 0.05) is 17.3 Å². The summed E-state index contributed by atoms with van der Waals surface area (Å²) in [6, 6.07) is 5.05. The molecular weight excluding hydrogens is 256 g/mol. The molecule has 0 aliphatic rings. The molecule has 1 amide bonds. The number of nitrogens with two attached hydrogens (primary N) is 1. The fraction of sp³-hybridized carbons (Fsp3) is 0.467. The molecule has 0 aliphatic heterocycles. The van der Waals surface area contributed by atoms with Crippen LogP contribution in [-0.2, 0) is 9.53 Å². The highest BCUT2D eigenvalue weighted by molar-refractivity contribution is 5.97. The molecule has 0 aliphatic carbocycles. The quantitative estimate of drug-likeness (QED) is 0.660. The standard InChI is InChI=1S/C15H22N2O3/c1-5-20-14(18)9-17(10(2)3)15(19)12-7-6-11(4)13(16)8-12/h6-8,10H,5,9,16H2,1-4H3. The summed E-state index contributed by atoms with van der Waals surface area (Å²) in [5.74, 6) is -0.630. The minimum Gasteiger partial charge on any atom is -0.465 e. The molecule has 0 saturated carbocycles. The zero-order chi connectivity index (χ0) is 15.3. The molecule has 0 saturated heterocycles. The van der Waals surface area contributed by atoms with Crippen molar-refractivity contribution in [3.8, 4) is 0 Å². The van der Waals surface area contributed by atoms with Crippen LogP contribution in [0.25, 0.3) is 0 Å². The highest BCUT2D eigenvalue weighted by Crippen LogP contribution is 2.16. The second-order valence-corrected chi connectivity index (χ2v) is 4.90. The molecule has 1 aromatic carbocycles. The molecule has 1 aromatic rings. The Balaban J connectivity index is 2.93. The van der Waals surface area contributed by atoms with E-state index in [9.17, 15) is 9.59 Å². The summed E-state index contributed by atoms with van der Waals surface area (Å²) >= 11 is 0. The third-order valence-electron chi connectivity index (χ3n) is 3.02. The van der Waals surface area contributed by atoms with E-state index >= 15 is 0 Å². The fourth-order valence-electron chi connectivity index (χ4n) is 1.77. The summed E-state index contributed by atoms with van der Waals surface area (Å²) in [6.07, 6.45) is 0. The Morgan fingerprint density at radius 1 is 1.35 bits per heavy atom. The number of esters is 1. The van der Waals surface area contributed by atoms with Gasteiger partial charge in [0.25, 0.3) is 5.91 Å². The Morgan fingerprint density at radius 2 is 2.00 bits per heavy atom. The predicted molar refractivity (Wildman–Crippen MR) is 78.4 cm³/mol. The summed E-state index contributed by atoms with van der Waals surface area (Å²) in [6.45, 7) is 7.57. The number of carbonyl (C=O) groups is 2. The number of rotatable bonds is 5. The number of hydrogen-bond acceptors (Lipinski definition) is 4. The van der Waals surface area contributed by atoms with Crippen molar-refractivity contribution in [2.75, 3.05) is 18.9 Å². The molecule has 5 heteroatoms. The van der Waals surface area contributed by atoms with Crippen LogP contribution in [0.5, 0.6) is 0 Å². The van der Waals surface area contributed by atoms with Crippen molar-refractivity contribution in [1.82, 2.24) is 4.90 Å². The average molecular weight is 278 g/mol. The Hall–Kier alpha value is -2.04. The van der Waals surface area contributed by atoms with Crippen LogP contribution < -0.4 is 5.73 Å². The lowest BCUT2D eigenvalue weighted by molar-refractivity contribution is -0.144. The maximum absolute atomic E-state index is 12.5. The topological polar surface area (TPSA) is 72.6 Å². The smallest absolute Gasteiger partial charge is 0.325 e. The Kier molecular flexibility index (Phi) is 5.55. The summed E-state index contributed by atoms with van der Waals surface area (Å²) in [5.41, 5.74) is 7.78. The summed E-state index contributed by atoms with van der Waals surface area (Å²) in [5, 5.41) is 0. The number of nitrogen functional groups attached to an aromatic ring is 1. The van der Waals surface area contributed by atoms with Gasteiger partial charge < -0.3 is 15.4 Å². The van der Waals surface area contributed by atoms with Crippen molar-refractivity contribution in [2.45, 2.75) is 33.7 Å². The van der Waals surface area contributed by atoms with Gasteiger partial charge in [-0.3, -0.25) is 9.59 Å². The second-order valence-electron chi connectivity index (χ2n) is 4.90. The first kappa shape index (κ1) is 16.0. The fourth-order valence-corrected chi connectivity index (χ4v) is 1.77. The summed E-state index contributed by atoms with van der Waals surface area (Å²) < 4.78 is 4.89. The minimum absolute atomic E-state index is 0.0574. The van der Waals surface area contributed by atoms with Crippen molar-refractivity contribution in [3.63, 3.8) is 0 Å². The summed E-state index contributed by atoms with van der Waals surface area (Å²) in [7, 11) is 0. The maximum atomic E-state index is 12.5. The van der Waals surface area contributed by atoms with Crippen LogP contribution >= 0.6 is 0 Å². The van der Waals surface area contributed by atoms with E-state index in [0.717, 1.165) is 5.56 Å². The van der Waals surface area contributed by atoms with Gasteiger partial charge in [-0.15, -0.1) is 0 Å². The molecule has 0 radical (unpaired) electrons. The van der Waals surface area contributed by atoms with Gasteiger partial charge in [0.2, 0.25) is 0 Å². The molecule has 1 rings (SSSR count). The van der Waals surface area contributed by atoms with Gasteiger partial charge in [-0.05, 0) is 45.4 Å². The van der Waals surface area contributed by atoms with Gasteiger partial charge in [0.05, 0.1) is 6.61 Å². The average Bonchev–Trinajstić information content (AvgIpc) is 2.38. The monoisotopic (exact) mass is 278 g/mol. The predicted octanol–water partition coefficient (Wildman–Crippen LogP) is 1.99. The number of anilines is 1. The third kappa shape index (κ3) is 3.98. The third-order valence-corrected chi connectivity index (χ3v) is 3.02. The van der Waals surface area contributed by atoms with Gasteiger partial charge in [-0.25, -0.2) is 0 Å². The molecule has 110 valence electrons. The van der Waals surface area contributed by atoms with E-state index in [-0.39, 0.29) is 18.5 Å². The zero-order valence-corrected chi connectivity index (χ0v) is 12.5. The van der Waals surface area contributed by atoms with E-state index in [1.54, 1.807) is 25.1 Å². The van der Waals surface area contributed by atoms with Crippen molar-refractivity contribution in [3.05, 3.63) is 29.3 Å². The number of ether oxygens (including phenoxy) is 1. The molecule has 0 bridgehead atoms. The van der Waals surface area contributed by atoms with Gasteiger partial charge in [0.1, 0.15) is 6.54 Å². The number of aryl methyl sites for hydroxylation is 1. The van der Waals surface area contributed by atoms with Crippen LogP contribution in [0.3, 0.4) is 0 Å². The van der Waals surface area contributed by atoms with Gasteiger partial charge in [0.15, 0.2) is 0 Å². The van der Waals surface area contributed by atoms with Gasteiger partial charge in [-0.2, -0.15) is 0 Å². The van der Waals surface area contributed by atoms with Crippen LogP contribution in [-0.4, -0.2) is 36.0 Å². The van der Waals surface area contributed by atoms with E-state index in [4.69, 9.17) is 10.5 Å². The van der Waals surface area contributed by atoms with Crippen molar-refractivity contribution in [1.29, 1.82) is 0 Å². The molecule has 20 heavy (non-hydrogen) atoms. The molecule has 5 nitrogen and oxygen atoms in total. The lowest BCUT2D eigenvalue weighted by atomic mass is 10.1. The molecule has 2 N–H and O–H groups in total. The maximum Gasteiger partial charge on any atom is 0.325 e. The number of carbonyl (C=O) groups excluding carboxylic acids is 2. The van der Waals surface area contributed by atoms with Crippen molar-refractivity contribution in [2.24, 2.45) is 0 Å². The van der Waals surface area contributed by atoms with Gasteiger partial charge in [-0.1, -0.05) is 6.07 Å². The number of nitrogens with zero attached hydrogens (tertiary/aromatic N) is 1. The van der Waals surface area contributed by atoms with Crippen LogP contribution in [0.15, 0.2) is 18.2 Å². The molecule has 0 heterocycles. The van der Waals surface area contributed by atoms with Crippen molar-refractivity contribution >= 4 is 17.6 Å². The van der Waals surface area contributed by atoms with Crippen molar-refractivity contribution < 1.29 is 14.3 Å². The van der Waals surface area contributed by atoms with E-state index in [1.807, 2.05) is 20.8 Å². The molecule has 0 aromatic heterocycles. The SMILES string of the molecule is CCOC(=O)CN(C(=O)c1ccc(C)c(N)c1)C(C)C. The van der Waals surface area contributed by atoms with Crippen LogP contribution in [0.2, 0.25) is 0 Å². The Labute approximate surface area is 119 Å². The first-order valence-electron chi connectivity index (χ1n) is 6.69. The van der Waals surface area contributed by atoms with E-state index in [2.05, 4.69) is 0 Å². The van der Waals surface area contributed by atoms with Crippen LogP contribution in [0.4, 0.5) is 5.69 Å². The Morgan fingerprint density at radius 3 is 2.50 bits per heavy atom. The minimum atomic E-state index is -0.408. The second kappa shape index (κ2) is 6.93. The first-order valence-corrected chi connectivity index (χ1v) is 6.69. The first-order chi connectivity index (χ1) is 9.36. The number of amides is 1. The number of benzene rings is 1. The highest BCUT2D eigenvalue weighted by Gasteiger charge is 2.22. The normalized spacial score (nSPS) is 10.4. The zero-order valence-electron chi connectivity index (χ0n) is 12.5. The Bertz CT molecular complexity index is 498. The van der Waals surface area contributed by atoms with Crippen LogP contribution in [0.1, 0.15) is 36.7 Å². The molecule has 0 atom stereocenters.